The van der Waals surface area contributed by atoms with Gasteiger partial charge in [-0.25, -0.2) is 0 Å². The minimum absolute atomic E-state index is 0.0913. The van der Waals surface area contributed by atoms with Crippen molar-refractivity contribution < 1.29 is 34.8 Å². The number of phenols is 1. The fourth-order valence-electron chi connectivity index (χ4n) is 6.65. The highest BCUT2D eigenvalue weighted by Crippen LogP contribution is 2.53. The lowest BCUT2D eigenvalue weighted by Gasteiger charge is -2.50. The third-order valence-electron chi connectivity index (χ3n) is 8.24. The molecular formula is C26H30N2O7. The Morgan fingerprint density at radius 2 is 1.80 bits per heavy atom. The van der Waals surface area contributed by atoms with Crippen LogP contribution in [0.5, 0.6) is 5.75 Å². The maximum atomic E-state index is 13.9. The van der Waals surface area contributed by atoms with Gasteiger partial charge in [-0.1, -0.05) is 19.9 Å². The van der Waals surface area contributed by atoms with E-state index in [9.17, 15) is 34.8 Å². The molecule has 5 rings (SSSR count). The van der Waals surface area contributed by atoms with Gasteiger partial charge in [0.2, 0.25) is 5.78 Å². The molecule has 1 aromatic carbocycles. The van der Waals surface area contributed by atoms with E-state index in [1.807, 2.05) is 18.7 Å². The number of primary amides is 1. The van der Waals surface area contributed by atoms with Crippen LogP contribution in [-0.2, 0) is 20.8 Å². The molecule has 0 spiro atoms. The van der Waals surface area contributed by atoms with Crippen LogP contribution < -0.4 is 5.73 Å². The molecule has 1 aliphatic heterocycles. The average Bonchev–Trinajstić information content (AvgIpc) is 3.30. The van der Waals surface area contributed by atoms with Gasteiger partial charge in [0.15, 0.2) is 11.4 Å². The van der Waals surface area contributed by atoms with Crippen LogP contribution in [0, 0.1) is 11.8 Å². The second kappa shape index (κ2) is 7.93. The largest absolute Gasteiger partial charge is 0.508 e. The van der Waals surface area contributed by atoms with E-state index in [0.717, 1.165) is 24.0 Å². The number of carbonyl (C=O) groups excluding carboxylic acids is 3. The highest BCUT2D eigenvalue weighted by Gasteiger charge is 2.64. The monoisotopic (exact) mass is 482 g/mol. The molecule has 2 fully saturated rings. The molecule has 1 saturated carbocycles. The third kappa shape index (κ3) is 3.11. The van der Waals surface area contributed by atoms with Crippen LogP contribution in [0.2, 0.25) is 0 Å². The van der Waals surface area contributed by atoms with Gasteiger partial charge in [-0.05, 0) is 67.8 Å². The van der Waals surface area contributed by atoms with Crippen molar-refractivity contribution in [2.75, 3.05) is 13.1 Å². The Labute approximate surface area is 202 Å². The molecule has 0 aromatic heterocycles. The van der Waals surface area contributed by atoms with E-state index in [4.69, 9.17) is 5.73 Å². The number of rotatable bonds is 3. The predicted molar refractivity (Wildman–Crippen MR) is 125 cm³/mol. The second-order valence-corrected chi connectivity index (χ2v) is 10.4. The molecule has 1 aromatic rings. The van der Waals surface area contributed by atoms with E-state index in [2.05, 4.69) is 0 Å². The number of likely N-dealkylation sites (tertiary alicyclic amines) is 1. The van der Waals surface area contributed by atoms with Crippen LogP contribution in [-0.4, -0.2) is 67.5 Å². The van der Waals surface area contributed by atoms with Gasteiger partial charge in [0.05, 0.1) is 11.6 Å². The number of Topliss-reactive ketones (excluding diaryl/α,β-unsaturated/α-hetero) is 2. The molecule has 186 valence electrons. The standard InChI is InChI=1S/C26H30N2O7/c1-11(2)13-5-6-16(29)18-14(13)9-12-10-15-20(28-7-3-4-8-28)22(31)19(25(27)34)24(33)26(15,35)23(32)17(12)21(18)30/h5-6,11-12,15,20,29-30,33,35H,3-4,7-10H2,1-2H3,(H2,27,34). The molecule has 4 aliphatic rings. The number of nitrogens with zero attached hydrogens (tertiary/aromatic N) is 1. The van der Waals surface area contributed by atoms with Gasteiger partial charge < -0.3 is 26.2 Å². The Hall–Kier alpha value is -3.17. The first-order valence-corrected chi connectivity index (χ1v) is 12.1. The fourth-order valence-corrected chi connectivity index (χ4v) is 6.65. The number of benzene rings is 1. The summed E-state index contributed by atoms with van der Waals surface area (Å²) < 4.78 is 0. The van der Waals surface area contributed by atoms with Crippen LogP contribution >= 0.6 is 0 Å². The number of hydrogen-bond acceptors (Lipinski definition) is 8. The number of amides is 1. The Morgan fingerprint density at radius 3 is 2.40 bits per heavy atom. The van der Waals surface area contributed by atoms with Gasteiger partial charge in [0.25, 0.3) is 5.91 Å². The van der Waals surface area contributed by atoms with E-state index in [1.165, 1.54) is 6.07 Å². The Kier molecular flexibility index (Phi) is 5.34. The summed E-state index contributed by atoms with van der Waals surface area (Å²) in [6.07, 6.45) is 2.09. The molecule has 9 heteroatoms. The van der Waals surface area contributed by atoms with Crippen molar-refractivity contribution in [3.05, 3.63) is 45.7 Å². The molecule has 6 N–H and O–H groups in total. The lowest BCUT2D eigenvalue weighted by Crippen LogP contribution is -2.66. The average molecular weight is 483 g/mol. The maximum absolute atomic E-state index is 13.9. The van der Waals surface area contributed by atoms with Gasteiger partial charge in [-0.3, -0.25) is 19.3 Å². The zero-order valence-corrected chi connectivity index (χ0v) is 19.7. The van der Waals surface area contributed by atoms with Gasteiger partial charge in [-0.15, -0.1) is 0 Å². The summed E-state index contributed by atoms with van der Waals surface area (Å²) in [4.78, 5) is 41.3. The maximum Gasteiger partial charge on any atom is 0.255 e. The number of nitrogens with two attached hydrogens (primary N) is 1. The first-order chi connectivity index (χ1) is 16.5. The zero-order chi connectivity index (χ0) is 25.4. The van der Waals surface area contributed by atoms with Crippen LogP contribution in [0.25, 0.3) is 5.76 Å². The number of phenolic OH excluding ortho intramolecular Hbond substituents is 1. The minimum atomic E-state index is -2.59. The van der Waals surface area contributed by atoms with Crippen molar-refractivity contribution in [3.63, 3.8) is 0 Å². The van der Waals surface area contributed by atoms with Crippen molar-refractivity contribution in [1.29, 1.82) is 0 Å². The fraction of sp³-hybridized carbons (Fsp3) is 0.500. The molecule has 4 unspecified atom stereocenters. The van der Waals surface area contributed by atoms with Crippen LogP contribution in [0.4, 0.5) is 0 Å². The van der Waals surface area contributed by atoms with E-state index in [0.29, 0.717) is 19.5 Å². The Balaban J connectivity index is 1.73. The van der Waals surface area contributed by atoms with Crippen molar-refractivity contribution in [2.24, 2.45) is 17.6 Å². The van der Waals surface area contributed by atoms with E-state index in [1.54, 1.807) is 6.07 Å². The number of carbonyl (C=O) groups is 3. The molecule has 0 bridgehead atoms. The summed E-state index contributed by atoms with van der Waals surface area (Å²) in [5.74, 6) is -6.04. The second-order valence-electron chi connectivity index (χ2n) is 10.4. The summed E-state index contributed by atoms with van der Waals surface area (Å²) in [6, 6.07) is 2.26. The molecule has 9 nitrogen and oxygen atoms in total. The molecule has 4 atom stereocenters. The number of hydrogen-bond donors (Lipinski definition) is 5. The van der Waals surface area contributed by atoms with Gasteiger partial charge in [-0.2, -0.15) is 0 Å². The van der Waals surface area contributed by atoms with Crippen molar-refractivity contribution >= 4 is 23.2 Å². The van der Waals surface area contributed by atoms with E-state index >= 15 is 0 Å². The van der Waals surface area contributed by atoms with Crippen LogP contribution in [0.15, 0.2) is 29.0 Å². The zero-order valence-electron chi connectivity index (χ0n) is 19.7. The Morgan fingerprint density at radius 1 is 1.14 bits per heavy atom. The first-order valence-electron chi connectivity index (χ1n) is 12.1. The lowest BCUT2D eigenvalue weighted by atomic mass is 9.57. The molecule has 3 aliphatic carbocycles. The topological polar surface area (TPSA) is 161 Å². The lowest BCUT2D eigenvalue weighted by molar-refractivity contribution is -0.154. The van der Waals surface area contributed by atoms with Crippen molar-refractivity contribution in [2.45, 2.75) is 57.1 Å². The SMILES string of the molecule is CC(C)c1ccc(O)c2c1CC1CC3C(N4CCCC4)C(=O)C(C(N)=O)=C(O)C3(O)C(=O)C1=C2O. The smallest absolute Gasteiger partial charge is 0.255 e. The summed E-state index contributed by atoms with van der Waals surface area (Å²) in [7, 11) is 0. The summed E-state index contributed by atoms with van der Waals surface area (Å²) in [5.41, 5.74) is 3.72. The predicted octanol–water partition coefficient (Wildman–Crippen LogP) is 1.62. The van der Waals surface area contributed by atoms with Gasteiger partial charge >= 0.3 is 0 Å². The number of aliphatic hydroxyl groups is 3. The number of aromatic hydroxyl groups is 1. The minimum Gasteiger partial charge on any atom is -0.508 e. The first kappa shape index (κ1) is 23.6. The molecule has 1 saturated heterocycles. The van der Waals surface area contributed by atoms with E-state index in [-0.39, 0.29) is 29.2 Å². The molecule has 35 heavy (non-hydrogen) atoms. The quantitative estimate of drug-likeness (QED) is 0.406. The highest BCUT2D eigenvalue weighted by atomic mass is 16.3. The molecule has 1 heterocycles. The Bertz CT molecular complexity index is 1220. The van der Waals surface area contributed by atoms with Crippen molar-refractivity contribution in [1.82, 2.24) is 4.90 Å². The molecular weight excluding hydrogens is 452 g/mol. The molecule has 1 amide bonds. The van der Waals surface area contributed by atoms with Crippen LogP contribution in [0.1, 0.15) is 55.7 Å². The summed E-state index contributed by atoms with van der Waals surface area (Å²) in [5, 5.41) is 44.5. The number of ketones is 2. The van der Waals surface area contributed by atoms with Crippen molar-refractivity contribution in [3.8, 4) is 5.75 Å². The van der Waals surface area contributed by atoms with Gasteiger partial charge in [0, 0.05) is 11.5 Å². The number of fused-ring (bicyclic) bond motifs is 3. The third-order valence-corrected chi connectivity index (χ3v) is 8.24. The normalized spacial score (nSPS) is 31.0. The summed E-state index contributed by atoms with van der Waals surface area (Å²) in [6.45, 7) is 5.09. The summed E-state index contributed by atoms with van der Waals surface area (Å²) >= 11 is 0. The van der Waals surface area contributed by atoms with Gasteiger partial charge in [0.1, 0.15) is 22.8 Å². The highest BCUT2D eigenvalue weighted by molar-refractivity contribution is 6.24. The number of aliphatic hydroxyl groups excluding tert-OH is 2. The molecule has 0 radical (unpaired) electrons. The van der Waals surface area contributed by atoms with E-state index < -0.39 is 58.0 Å². The van der Waals surface area contributed by atoms with Crippen LogP contribution in [0.3, 0.4) is 0 Å².